The summed E-state index contributed by atoms with van der Waals surface area (Å²) in [4.78, 5) is 27.4. The van der Waals surface area contributed by atoms with Crippen LogP contribution in [-0.2, 0) is 9.59 Å². The highest BCUT2D eigenvalue weighted by Gasteiger charge is 2.48. The van der Waals surface area contributed by atoms with Crippen molar-refractivity contribution in [1.82, 2.24) is 0 Å². The molecular weight excluding hydrogens is 402 g/mol. The molecule has 1 N–H and O–H groups in total. The number of rotatable bonds is 4. The fourth-order valence-electron chi connectivity index (χ4n) is 3.63. The van der Waals surface area contributed by atoms with Crippen LogP contribution in [0.25, 0.3) is 5.76 Å². The van der Waals surface area contributed by atoms with Crippen molar-refractivity contribution in [2.45, 2.75) is 25.8 Å². The van der Waals surface area contributed by atoms with Gasteiger partial charge in [-0.3, -0.25) is 14.5 Å². The number of halogens is 1. The number of benzene rings is 2. The number of ketones is 1. The topological polar surface area (TPSA) is 70.8 Å². The van der Waals surface area contributed by atoms with Crippen LogP contribution in [0.2, 0.25) is 5.02 Å². The highest BCUT2D eigenvalue weighted by molar-refractivity contribution is 6.51. The van der Waals surface area contributed by atoms with Gasteiger partial charge in [0.2, 0.25) is 0 Å². The average molecular weight is 422 g/mol. The largest absolute Gasteiger partial charge is 0.507 e. The average Bonchev–Trinajstić information content (AvgIpc) is 3.35. The fraction of sp³-hybridized carbons (Fsp3) is 0.167. The lowest BCUT2D eigenvalue weighted by molar-refractivity contribution is -0.132. The second-order valence-corrected chi connectivity index (χ2v) is 7.88. The van der Waals surface area contributed by atoms with E-state index in [1.807, 2.05) is 12.1 Å². The van der Waals surface area contributed by atoms with E-state index < -0.39 is 17.7 Å². The normalized spacial score (nSPS) is 18.4. The zero-order chi connectivity index (χ0) is 21.4. The van der Waals surface area contributed by atoms with Crippen molar-refractivity contribution in [1.29, 1.82) is 0 Å². The van der Waals surface area contributed by atoms with Gasteiger partial charge in [-0.2, -0.15) is 0 Å². The molecule has 0 radical (unpaired) electrons. The van der Waals surface area contributed by atoms with E-state index in [-0.39, 0.29) is 11.3 Å². The Hall–Kier alpha value is -3.31. The molecule has 1 saturated heterocycles. The highest BCUT2D eigenvalue weighted by atomic mass is 35.5. The van der Waals surface area contributed by atoms with Crippen molar-refractivity contribution in [3.8, 4) is 0 Å². The van der Waals surface area contributed by atoms with Gasteiger partial charge in [-0.1, -0.05) is 49.7 Å². The number of hydrogen-bond acceptors (Lipinski definition) is 4. The van der Waals surface area contributed by atoms with E-state index in [1.165, 1.54) is 11.2 Å². The zero-order valence-electron chi connectivity index (χ0n) is 16.5. The Morgan fingerprint density at radius 3 is 2.40 bits per heavy atom. The molecule has 5 nitrogen and oxygen atoms in total. The quantitative estimate of drug-likeness (QED) is 0.334. The smallest absolute Gasteiger partial charge is 0.300 e. The summed E-state index contributed by atoms with van der Waals surface area (Å²) < 4.78 is 5.55. The first kappa shape index (κ1) is 20.0. The number of aliphatic hydroxyl groups is 1. The minimum absolute atomic E-state index is 0.0369. The SMILES string of the molecule is CC(C)c1ccc(N2C(=O)C(=O)/C(=C(\O)c3cccc(Cl)c3)C2c2ccco2)cc1. The summed E-state index contributed by atoms with van der Waals surface area (Å²) in [6.45, 7) is 4.16. The number of carbonyl (C=O) groups is 2. The highest BCUT2D eigenvalue weighted by Crippen LogP contribution is 2.42. The van der Waals surface area contributed by atoms with E-state index in [2.05, 4.69) is 13.8 Å². The van der Waals surface area contributed by atoms with Crippen molar-refractivity contribution in [3.63, 3.8) is 0 Å². The number of amides is 1. The summed E-state index contributed by atoms with van der Waals surface area (Å²) in [6, 6.07) is 16.4. The lowest BCUT2D eigenvalue weighted by Gasteiger charge is -2.23. The Morgan fingerprint density at radius 1 is 1.07 bits per heavy atom. The Labute approximate surface area is 179 Å². The van der Waals surface area contributed by atoms with Crippen molar-refractivity contribution >= 4 is 34.7 Å². The van der Waals surface area contributed by atoms with Crippen molar-refractivity contribution in [2.75, 3.05) is 4.90 Å². The van der Waals surface area contributed by atoms with E-state index in [0.29, 0.717) is 28.0 Å². The lowest BCUT2D eigenvalue weighted by Crippen LogP contribution is -2.29. The molecule has 1 fully saturated rings. The molecule has 1 unspecified atom stereocenters. The van der Waals surface area contributed by atoms with E-state index in [9.17, 15) is 14.7 Å². The Morgan fingerprint density at radius 2 is 1.80 bits per heavy atom. The van der Waals surface area contributed by atoms with E-state index in [0.717, 1.165) is 5.56 Å². The summed E-state index contributed by atoms with van der Waals surface area (Å²) >= 11 is 6.05. The molecule has 1 atom stereocenters. The number of nitrogens with zero attached hydrogens (tertiary/aromatic N) is 1. The van der Waals surface area contributed by atoms with E-state index in [4.69, 9.17) is 16.0 Å². The molecule has 3 aromatic rings. The number of Topliss-reactive ketones (excluding diaryl/α,β-unsaturated/α-hetero) is 1. The second kappa shape index (κ2) is 7.84. The van der Waals surface area contributed by atoms with Crippen LogP contribution in [0, 0.1) is 0 Å². The van der Waals surface area contributed by atoms with Gasteiger partial charge in [-0.15, -0.1) is 0 Å². The van der Waals surface area contributed by atoms with Crippen LogP contribution < -0.4 is 4.90 Å². The molecule has 1 aliphatic rings. The molecule has 1 amide bonds. The maximum absolute atomic E-state index is 13.0. The molecule has 30 heavy (non-hydrogen) atoms. The van der Waals surface area contributed by atoms with Gasteiger partial charge in [0.25, 0.3) is 11.7 Å². The van der Waals surface area contributed by atoms with Crippen molar-refractivity contribution in [2.24, 2.45) is 0 Å². The van der Waals surface area contributed by atoms with Crippen LogP contribution in [-0.4, -0.2) is 16.8 Å². The van der Waals surface area contributed by atoms with Crippen LogP contribution in [0.15, 0.2) is 76.9 Å². The molecule has 1 aliphatic heterocycles. The molecule has 0 saturated carbocycles. The van der Waals surface area contributed by atoms with Crippen LogP contribution in [0.4, 0.5) is 5.69 Å². The number of hydrogen-bond donors (Lipinski definition) is 1. The molecule has 0 spiro atoms. The second-order valence-electron chi connectivity index (χ2n) is 7.44. The van der Waals surface area contributed by atoms with Gasteiger partial charge in [-0.25, -0.2) is 0 Å². The molecule has 4 rings (SSSR count). The predicted octanol–water partition coefficient (Wildman–Crippen LogP) is 5.68. The Bertz CT molecular complexity index is 1130. The first-order valence-corrected chi connectivity index (χ1v) is 9.96. The summed E-state index contributed by atoms with van der Waals surface area (Å²) in [6.07, 6.45) is 1.47. The molecule has 0 aliphatic carbocycles. The van der Waals surface area contributed by atoms with Crippen LogP contribution in [0.5, 0.6) is 0 Å². The van der Waals surface area contributed by atoms with E-state index in [1.54, 1.807) is 48.5 Å². The maximum Gasteiger partial charge on any atom is 0.300 e. The van der Waals surface area contributed by atoms with Gasteiger partial charge in [0.05, 0.1) is 11.8 Å². The molecule has 0 bridgehead atoms. The number of carbonyl (C=O) groups excluding carboxylic acids is 2. The van der Waals surface area contributed by atoms with Gasteiger partial charge < -0.3 is 9.52 Å². The minimum Gasteiger partial charge on any atom is -0.507 e. The number of furan rings is 1. The lowest BCUT2D eigenvalue weighted by atomic mass is 9.99. The predicted molar refractivity (Wildman–Crippen MR) is 115 cm³/mol. The van der Waals surface area contributed by atoms with Crippen molar-refractivity contribution in [3.05, 3.63) is 94.4 Å². The molecular formula is C24H20ClNO4. The third kappa shape index (κ3) is 3.42. The van der Waals surface area contributed by atoms with Gasteiger partial charge in [0.15, 0.2) is 0 Å². The summed E-state index contributed by atoms with van der Waals surface area (Å²) in [5, 5.41) is 11.4. The molecule has 1 aromatic heterocycles. The first-order valence-electron chi connectivity index (χ1n) is 9.58. The number of aliphatic hydroxyl groups excluding tert-OH is 1. The standard InChI is InChI=1S/C24H20ClNO4/c1-14(2)15-8-10-18(11-9-15)26-21(19-7-4-12-30-19)20(23(28)24(26)29)22(27)16-5-3-6-17(25)13-16/h3-14,21,27H,1-2H3/b22-20-. The van der Waals surface area contributed by atoms with Gasteiger partial charge in [0, 0.05) is 16.3 Å². The third-order valence-electron chi connectivity index (χ3n) is 5.19. The molecule has 6 heteroatoms. The minimum atomic E-state index is -0.885. The van der Waals surface area contributed by atoms with Crippen LogP contribution >= 0.6 is 11.6 Å². The fourth-order valence-corrected chi connectivity index (χ4v) is 3.82. The van der Waals surface area contributed by atoms with Crippen molar-refractivity contribution < 1.29 is 19.1 Å². The number of anilines is 1. The molecule has 152 valence electrons. The van der Waals surface area contributed by atoms with Gasteiger partial charge >= 0.3 is 0 Å². The summed E-state index contributed by atoms with van der Waals surface area (Å²) in [5.74, 6) is -1.08. The molecule has 2 aromatic carbocycles. The summed E-state index contributed by atoms with van der Waals surface area (Å²) in [5.41, 5.74) is 1.98. The Balaban J connectivity index is 1.88. The monoisotopic (exact) mass is 421 g/mol. The zero-order valence-corrected chi connectivity index (χ0v) is 17.3. The van der Waals surface area contributed by atoms with Gasteiger partial charge in [0.1, 0.15) is 17.6 Å². The third-order valence-corrected chi connectivity index (χ3v) is 5.43. The maximum atomic E-state index is 13.0. The molecule has 2 heterocycles. The van der Waals surface area contributed by atoms with E-state index >= 15 is 0 Å². The summed E-state index contributed by atoms with van der Waals surface area (Å²) in [7, 11) is 0. The Kier molecular flexibility index (Phi) is 5.22. The first-order chi connectivity index (χ1) is 14.4. The van der Waals surface area contributed by atoms with Crippen LogP contribution in [0.1, 0.15) is 42.7 Å². The van der Waals surface area contributed by atoms with Gasteiger partial charge in [-0.05, 0) is 47.9 Å². The van der Waals surface area contributed by atoms with Crippen LogP contribution in [0.3, 0.4) is 0 Å².